The Morgan fingerprint density at radius 1 is 1.39 bits per heavy atom. The summed E-state index contributed by atoms with van der Waals surface area (Å²) in [7, 11) is 0. The van der Waals surface area contributed by atoms with Crippen molar-refractivity contribution in [2.75, 3.05) is 13.1 Å². The standard InChI is InChI=1S/C14H17N3O/c1-10-11-5-2-3-6-12(11)18-13(10)9-17-14-15-7-4-8-16-14/h2-3,5-6H,4,7-9H2,1H3,(H2,15,16,17). The van der Waals surface area contributed by atoms with Crippen LogP contribution < -0.4 is 10.6 Å². The summed E-state index contributed by atoms with van der Waals surface area (Å²) in [5.74, 6) is 1.85. The smallest absolute Gasteiger partial charge is 0.191 e. The van der Waals surface area contributed by atoms with Crippen LogP contribution in [-0.4, -0.2) is 19.0 Å². The first-order valence-corrected chi connectivity index (χ1v) is 6.34. The first-order valence-electron chi connectivity index (χ1n) is 6.34. The van der Waals surface area contributed by atoms with E-state index in [0.29, 0.717) is 6.54 Å². The normalized spacial score (nSPS) is 15.3. The molecule has 4 heteroatoms. The molecule has 0 atom stereocenters. The number of para-hydroxylation sites is 1. The van der Waals surface area contributed by atoms with Gasteiger partial charge in [0.05, 0.1) is 6.54 Å². The van der Waals surface area contributed by atoms with Crippen molar-refractivity contribution in [2.24, 2.45) is 4.99 Å². The molecule has 0 fully saturated rings. The average Bonchev–Trinajstić information content (AvgIpc) is 2.75. The number of guanidine groups is 1. The van der Waals surface area contributed by atoms with Gasteiger partial charge in [-0.2, -0.15) is 0 Å². The van der Waals surface area contributed by atoms with Crippen molar-refractivity contribution < 1.29 is 4.42 Å². The molecular weight excluding hydrogens is 226 g/mol. The van der Waals surface area contributed by atoms with Gasteiger partial charge in [0.2, 0.25) is 0 Å². The van der Waals surface area contributed by atoms with Crippen LogP contribution in [0.3, 0.4) is 0 Å². The highest BCUT2D eigenvalue weighted by Gasteiger charge is 2.10. The lowest BCUT2D eigenvalue weighted by molar-refractivity contribution is 0.533. The molecule has 0 bridgehead atoms. The molecule has 18 heavy (non-hydrogen) atoms. The lowest BCUT2D eigenvalue weighted by Gasteiger charge is -2.15. The van der Waals surface area contributed by atoms with E-state index in [0.717, 1.165) is 36.8 Å². The molecule has 2 N–H and O–H groups in total. The molecular formula is C14H17N3O. The van der Waals surface area contributed by atoms with E-state index in [2.05, 4.69) is 28.6 Å². The molecule has 1 aromatic carbocycles. The number of benzene rings is 1. The number of fused-ring (bicyclic) bond motifs is 1. The maximum atomic E-state index is 5.84. The molecule has 3 rings (SSSR count). The molecule has 0 aliphatic carbocycles. The number of nitrogens with one attached hydrogen (secondary N) is 2. The van der Waals surface area contributed by atoms with Gasteiger partial charge in [0.15, 0.2) is 5.96 Å². The fourth-order valence-corrected chi connectivity index (χ4v) is 2.21. The summed E-state index contributed by atoms with van der Waals surface area (Å²) < 4.78 is 5.84. The molecule has 94 valence electrons. The van der Waals surface area contributed by atoms with Gasteiger partial charge in [0.25, 0.3) is 0 Å². The van der Waals surface area contributed by atoms with Crippen LogP contribution in [0, 0.1) is 6.92 Å². The Bertz CT molecular complexity index is 586. The fraction of sp³-hybridized carbons (Fsp3) is 0.357. The molecule has 0 amide bonds. The van der Waals surface area contributed by atoms with Gasteiger partial charge in [0, 0.05) is 24.0 Å². The quantitative estimate of drug-likeness (QED) is 0.850. The largest absolute Gasteiger partial charge is 0.459 e. The van der Waals surface area contributed by atoms with Gasteiger partial charge < -0.3 is 15.1 Å². The minimum absolute atomic E-state index is 0.673. The van der Waals surface area contributed by atoms with E-state index >= 15 is 0 Å². The molecule has 1 aliphatic heterocycles. The van der Waals surface area contributed by atoms with Gasteiger partial charge in [-0.15, -0.1) is 0 Å². The Kier molecular flexibility index (Phi) is 2.92. The second-order valence-electron chi connectivity index (χ2n) is 4.51. The van der Waals surface area contributed by atoms with Crippen LogP contribution in [0.1, 0.15) is 17.7 Å². The van der Waals surface area contributed by atoms with E-state index in [1.807, 2.05) is 18.2 Å². The monoisotopic (exact) mass is 243 g/mol. The van der Waals surface area contributed by atoms with Crippen LogP contribution in [0.25, 0.3) is 11.0 Å². The Hall–Kier alpha value is -1.97. The zero-order valence-electron chi connectivity index (χ0n) is 10.5. The molecule has 0 radical (unpaired) electrons. The number of aliphatic imine (C=N–C) groups is 1. The maximum absolute atomic E-state index is 5.84. The van der Waals surface area contributed by atoms with Crippen molar-refractivity contribution >= 4 is 16.9 Å². The van der Waals surface area contributed by atoms with Crippen LogP contribution in [-0.2, 0) is 6.54 Å². The Labute approximate surface area is 106 Å². The molecule has 0 spiro atoms. The number of rotatable bonds is 2. The van der Waals surface area contributed by atoms with Crippen molar-refractivity contribution in [3.8, 4) is 0 Å². The Morgan fingerprint density at radius 2 is 2.28 bits per heavy atom. The fourth-order valence-electron chi connectivity index (χ4n) is 2.21. The second kappa shape index (κ2) is 4.72. The Morgan fingerprint density at radius 3 is 3.06 bits per heavy atom. The van der Waals surface area contributed by atoms with E-state index in [1.54, 1.807) is 0 Å². The van der Waals surface area contributed by atoms with Crippen LogP contribution in [0.5, 0.6) is 0 Å². The zero-order chi connectivity index (χ0) is 12.4. The van der Waals surface area contributed by atoms with Gasteiger partial charge in [-0.3, -0.25) is 4.99 Å². The highest BCUT2D eigenvalue weighted by atomic mass is 16.3. The van der Waals surface area contributed by atoms with Crippen LogP contribution in [0.2, 0.25) is 0 Å². The molecule has 2 heterocycles. The van der Waals surface area contributed by atoms with Gasteiger partial charge in [0.1, 0.15) is 11.3 Å². The number of aryl methyl sites for hydroxylation is 1. The molecule has 0 saturated heterocycles. The van der Waals surface area contributed by atoms with Crippen molar-refractivity contribution in [1.82, 2.24) is 10.6 Å². The summed E-state index contributed by atoms with van der Waals surface area (Å²) in [6.45, 7) is 4.66. The third-order valence-electron chi connectivity index (χ3n) is 3.26. The Balaban J connectivity index is 1.78. The average molecular weight is 243 g/mol. The van der Waals surface area contributed by atoms with Crippen molar-refractivity contribution in [3.05, 3.63) is 35.6 Å². The predicted molar refractivity (Wildman–Crippen MR) is 72.7 cm³/mol. The minimum Gasteiger partial charge on any atom is -0.459 e. The van der Waals surface area contributed by atoms with Gasteiger partial charge in [-0.1, -0.05) is 18.2 Å². The highest BCUT2D eigenvalue weighted by molar-refractivity contribution is 5.83. The lowest BCUT2D eigenvalue weighted by Crippen LogP contribution is -2.40. The van der Waals surface area contributed by atoms with Crippen LogP contribution in [0.4, 0.5) is 0 Å². The van der Waals surface area contributed by atoms with E-state index in [1.165, 1.54) is 10.9 Å². The van der Waals surface area contributed by atoms with Crippen molar-refractivity contribution in [2.45, 2.75) is 19.9 Å². The summed E-state index contributed by atoms with van der Waals surface area (Å²) in [4.78, 5) is 4.38. The van der Waals surface area contributed by atoms with Gasteiger partial charge in [-0.05, 0) is 19.4 Å². The number of hydrogen-bond acceptors (Lipinski definition) is 4. The van der Waals surface area contributed by atoms with Gasteiger partial charge in [-0.25, -0.2) is 0 Å². The van der Waals surface area contributed by atoms with Crippen molar-refractivity contribution in [1.29, 1.82) is 0 Å². The molecule has 0 unspecified atom stereocenters. The number of hydrogen-bond donors (Lipinski definition) is 2. The van der Waals surface area contributed by atoms with E-state index in [-0.39, 0.29) is 0 Å². The highest BCUT2D eigenvalue weighted by Crippen LogP contribution is 2.24. The van der Waals surface area contributed by atoms with E-state index in [9.17, 15) is 0 Å². The maximum Gasteiger partial charge on any atom is 0.191 e. The van der Waals surface area contributed by atoms with E-state index in [4.69, 9.17) is 4.42 Å². The third-order valence-corrected chi connectivity index (χ3v) is 3.26. The molecule has 0 saturated carbocycles. The zero-order valence-corrected chi connectivity index (χ0v) is 10.5. The predicted octanol–water partition coefficient (Wildman–Crippen LogP) is 2.18. The van der Waals surface area contributed by atoms with Crippen molar-refractivity contribution in [3.63, 3.8) is 0 Å². The SMILES string of the molecule is Cc1c(CNC2=NCCCN2)oc2ccccc12. The van der Waals surface area contributed by atoms with Crippen LogP contribution >= 0.6 is 0 Å². The minimum atomic E-state index is 0.673. The molecule has 1 aliphatic rings. The number of nitrogens with zero attached hydrogens (tertiary/aromatic N) is 1. The summed E-state index contributed by atoms with van der Waals surface area (Å²) >= 11 is 0. The van der Waals surface area contributed by atoms with Gasteiger partial charge >= 0.3 is 0 Å². The lowest BCUT2D eigenvalue weighted by atomic mass is 10.1. The third kappa shape index (κ3) is 2.06. The number of furan rings is 1. The first kappa shape index (κ1) is 11.1. The summed E-state index contributed by atoms with van der Waals surface area (Å²) in [5.41, 5.74) is 2.15. The molecule has 4 nitrogen and oxygen atoms in total. The topological polar surface area (TPSA) is 49.6 Å². The first-order chi connectivity index (χ1) is 8.84. The second-order valence-corrected chi connectivity index (χ2v) is 4.51. The van der Waals surface area contributed by atoms with Crippen LogP contribution in [0.15, 0.2) is 33.7 Å². The van der Waals surface area contributed by atoms with E-state index < -0.39 is 0 Å². The summed E-state index contributed by atoms with van der Waals surface area (Å²) in [6, 6.07) is 8.13. The summed E-state index contributed by atoms with van der Waals surface area (Å²) in [6.07, 6.45) is 1.11. The summed E-state index contributed by atoms with van der Waals surface area (Å²) in [5, 5.41) is 7.71. The molecule has 1 aromatic heterocycles. The molecule has 2 aromatic rings.